The average molecular weight is 334 g/mol. The summed E-state index contributed by atoms with van der Waals surface area (Å²) in [6, 6.07) is 4.83. The smallest absolute Gasteiger partial charge is 0.341 e. The number of nitro groups is 1. The van der Waals surface area contributed by atoms with E-state index in [1.54, 1.807) is 6.92 Å². The number of hydrogen-bond donors (Lipinski definition) is 2. The molecule has 2 rings (SSSR count). The average Bonchev–Trinajstić information content (AvgIpc) is 2.91. The molecule has 1 heterocycles. The number of benzene rings is 1. The van der Waals surface area contributed by atoms with Crippen molar-refractivity contribution in [3.05, 3.63) is 45.7 Å². The quantitative estimate of drug-likeness (QED) is 0.362. The van der Waals surface area contributed by atoms with Crippen LogP contribution in [0.4, 0.5) is 17.2 Å². The van der Waals surface area contributed by atoms with Gasteiger partial charge >= 0.3 is 5.97 Å². The van der Waals surface area contributed by atoms with E-state index in [2.05, 4.69) is 10.5 Å². The number of aromatic nitrogens is 1. The molecule has 1 aromatic heterocycles. The van der Waals surface area contributed by atoms with Crippen molar-refractivity contribution in [1.82, 2.24) is 5.16 Å². The number of rotatable bonds is 5. The lowest BCUT2D eigenvalue weighted by atomic mass is 10.1. The van der Waals surface area contributed by atoms with Gasteiger partial charge < -0.3 is 20.3 Å². The Hall–Kier alpha value is -3.43. The van der Waals surface area contributed by atoms with Gasteiger partial charge in [0, 0.05) is 18.2 Å². The molecule has 3 N–H and O–H groups in total. The van der Waals surface area contributed by atoms with Crippen molar-refractivity contribution in [2.75, 3.05) is 11.1 Å². The molecule has 0 unspecified atom stereocenters. The molecular weight excluding hydrogens is 320 g/mol. The molecule has 24 heavy (non-hydrogen) atoms. The first-order valence-electron chi connectivity index (χ1n) is 6.77. The van der Waals surface area contributed by atoms with Gasteiger partial charge in [-0.05, 0) is 19.9 Å². The Morgan fingerprint density at radius 2 is 2.12 bits per heavy atom. The highest BCUT2D eigenvalue weighted by atomic mass is 16.6. The second-order valence-corrected chi connectivity index (χ2v) is 4.89. The van der Waals surface area contributed by atoms with Crippen LogP contribution in [0, 0.1) is 17.0 Å². The summed E-state index contributed by atoms with van der Waals surface area (Å²) in [4.78, 5) is 34.0. The molecule has 0 aliphatic heterocycles. The number of carbonyl (C=O) groups excluding carboxylic acids is 2. The molecule has 0 aliphatic rings. The van der Waals surface area contributed by atoms with E-state index in [9.17, 15) is 19.7 Å². The third-order valence-corrected chi connectivity index (χ3v) is 3.00. The maximum absolute atomic E-state index is 12.0. The van der Waals surface area contributed by atoms with Crippen LogP contribution in [0.15, 0.2) is 28.8 Å². The van der Waals surface area contributed by atoms with Crippen LogP contribution in [0.2, 0.25) is 0 Å². The van der Waals surface area contributed by atoms with Crippen molar-refractivity contribution >= 4 is 29.1 Å². The summed E-state index contributed by atoms with van der Waals surface area (Å²) < 4.78 is 9.80. The summed E-state index contributed by atoms with van der Waals surface area (Å²) in [5, 5.41) is 16.6. The lowest BCUT2D eigenvalue weighted by molar-refractivity contribution is -0.384. The van der Waals surface area contributed by atoms with Gasteiger partial charge in [0.1, 0.15) is 5.76 Å². The van der Waals surface area contributed by atoms with Gasteiger partial charge in [-0.25, -0.2) is 4.79 Å². The number of anilines is 2. The van der Waals surface area contributed by atoms with Crippen LogP contribution in [0.25, 0.3) is 0 Å². The van der Waals surface area contributed by atoms with Crippen LogP contribution in [0.5, 0.6) is 0 Å². The standard InChI is InChI=1S/C14H14N4O6/c1-7-5-12(17-24-7)16-13(19)8(2)23-14(20)10-4-3-9(18(21)22)6-11(10)15/h3-6,8H,15H2,1-2H3,(H,16,17,19)/t8-/m0/s1. The van der Waals surface area contributed by atoms with Crippen molar-refractivity contribution in [3.8, 4) is 0 Å². The maximum Gasteiger partial charge on any atom is 0.341 e. The zero-order chi connectivity index (χ0) is 17.9. The number of ether oxygens (including phenoxy) is 1. The zero-order valence-electron chi connectivity index (χ0n) is 12.8. The molecule has 0 fully saturated rings. The van der Waals surface area contributed by atoms with Crippen molar-refractivity contribution in [3.63, 3.8) is 0 Å². The van der Waals surface area contributed by atoms with Gasteiger partial charge in [-0.1, -0.05) is 5.16 Å². The summed E-state index contributed by atoms with van der Waals surface area (Å²) in [6.45, 7) is 3.02. The first-order chi connectivity index (χ1) is 11.3. The molecule has 10 nitrogen and oxygen atoms in total. The normalized spacial score (nSPS) is 11.6. The number of amides is 1. The molecule has 1 amide bonds. The maximum atomic E-state index is 12.0. The van der Waals surface area contributed by atoms with E-state index in [-0.39, 0.29) is 22.8 Å². The fraction of sp³-hybridized carbons (Fsp3) is 0.214. The molecular formula is C14H14N4O6. The number of carbonyl (C=O) groups is 2. The second-order valence-electron chi connectivity index (χ2n) is 4.89. The van der Waals surface area contributed by atoms with Crippen LogP contribution in [0.3, 0.4) is 0 Å². The van der Waals surface area contributed by atoms with Gasteiger partial charge in [0.2, 0.25) is 0 Å². The fourth-order valence-corrected chi connectivity index (χ4v) is 1.78. The van der Waals surface area contributed by atoms with E-state index in [4.69, 9.17) is 15.0 Å². The number of nitrogens with two attached hydrogens (primary N) is 1. The summed E-state index contributed by atoms with van der Waals surface area (Å²) >= 11 is 0. The molecule has 0 spiro atoms. The lowest BCUT2D eigenvalue weighted by Crippen LogP contribution is -2.30. The molecule has 0 bridgehead atoms. The third-order valence-electron chi connectivity index (χ3n) is 3.00. The molecule has 0 aliphatic carbocycles. The first kappa shape index (κ1) is 16.9. The number of non-ortho nitro benzene ring substituents is 1. The molecule has 0 saturated heterocycles. The monoisotopic (exact) mass is 334 g/mol. The highest BCUT2D eigenvalue weighted by Crippen LogP contribution is 2.21. The Labute approximate surface area is 135 Å². The minimum Gasteiger partial charge on any atom is -0.449 e. The molecule has 2 aromatic rings. The Kier molecular flexibility index (Phi) is 4.78. The zero-order valence-corrected chi connectivity index (χ0v) is 12.8. The Morgan fingerprint density at radius 3 is 2.67 bits per heavy atom. The van der Waals surface area contributed by atoms with Crippen LogP contribution in [-0.4, -0.2) is 28.1 Å². The molecule has 1 atom stereocenters. The molecule has 0 radical (unpaired) electrons. The number of hydrogen-bond acceptors (Lipinski definition) is 8. The summed E-state index contributed by atoms with van der Waals surface area (Å²) in [7, 11) is 0. The van der Waals surface area contributed by atoms with Crippen molar-refractivity contribution in [2.24, 2.45) is 0 Å². The Bertz CT molecular complexity index is 800. The summed E-state index contributed by atoms with van der Waals surface area (Å²) in [6.07, 6.45) is -1.14. The number of nitrogen functional groups attached to an aromatic ring is 1. The van der Waals surface area contributed by atoms with Gasteiger partial charge in [-0.3, -0.25) is 14.9 Å². The number of nitrogens with one attached hydrogen (secondary N) is 1. The number of esters is 1. The summed E-state index contributed by atoms with van der Waals surface area (Å²) in [5.41, 5.74) is 5.17. The van der Waals surface area contributed by atoms with E-state index >= 15 is 0 Å². The number of aryl methyl sites for hydroxylation is 1. The van der Waals surface area contributed by atoms with E-state index < -0.39 is 22.9 Å². The molecule has 1 aromatic carbocycles. The van der Waals surface area contributed by atoms with Crippen LogP contribution in [-0.2, 0) is 9.53 Å². The van der Waals surface area contributed by atoms with Gasteiger partial charge in [0.15, 0.2) is 11.9 Å². The predicted octanol–water partition coefficient (Wildman–Crippen LogP) is 1.66. The third kappa shape index (κ3) is 3.85. The van der Waals surface area contributed by atoms with E-state index in [1.807, 2.05) is 0 Å². The molecule has 126 valence electrons. The van der Waals surface area contributed by atoms with Crippen molar-refractivity contribution in [1.29, 1.82) is 0 Å². The van der Waals surface area contributed by atoms with Gasteiger partial charge in [0.25, 0.3) is 11.6 Å². The summed E-state index contributed by atoms with van der Waals surface area (Å²) in [5.74, 6) is -0.789. The van der Waals surface area contributed by atoms with Gasteiger partial charge in [0.05, 0.1) is 16.2 Å². The van der Waals surface area contributed by atoms with E-state index in [0.29, 0.717) is 5.76 Å². The Morgan fingerprint density at radius 1 is 1.42 bits per heavy atom. The minimum absolute atomic E-state index is 0.0717. The van der Waals surface area contributed by atoms with E-state index in [0.717, 1.165) is 12.1 Å². The lowest BCUT2D eigenvalue weighted by Gasteiger charge is -2.13. The van der Waals surface area contributed by atoms with Crippen LogP contribution < -0.4 is 11.1 Å². The molecule has 10 heteroatoms. The van der Waals surface area contributed by atoms with Crippen LogP contribution >= 0.6 is 0 Å². The van der Waals surface area contributed by atoms with Gasteiger partial charge in [-0.15, -0.1) is 0 Å². The fourth-order valence-electron chi connectivity index (χ4n) is 1.78. The van der Waals surface area contributed by atoms with Crippen LogP contribution in [0.1, 0.15) is 23.0 Å². The number of nitro benzene ring substituents is 1. The van der Waals surface area contributed by atoms with E-state index in [1.165, 1.54) is 19.1 Å². The second kappa shape index (κ2) is 6.77. The van der Waals surface area contributed by atoms with Crippen molar-refractivity contribution < 1.29 is 23.8 Å². The molecule has 0 saturated carbocycles. The Balaban J connectivity index is 2.03. The topological polar surface area (TPSA) is 151 Å². The largest absolute Gasteiger partial charge is 0.449 e. The highest BCUT2D eigenvalue weighted by molar-refractivity contribution is 5.99. The SMILES string of the molecule is Cc1cc(NC(=O)[C@H](C)OC(=O)c2ccc([N+](=O)[O-])cc2N)no1. The number of nitrogens with zero attached hydrogens (tertiary/aromatic N) is 2. The first-order valence-corrected chi connectivity index (χ1v) is 6.77. The predicted molar refractivity (Wildman–Crippen MR) is 82.3 cm³/mol. The minimum atomic E-state index is -1.14. The highest BCUT2D eigenvalue weighted by Gasteiger charge is 2.22. The van der Waals surface area contributed by atoms with Crippen molar-refractivity contribution in [2.45, 2.75) is 20.0 Å². The van der Waals surface area contributed by atoms with Gasteiger partial charge in [-0.2, -0.15) is 0 Å².